The van der Waals surface area contributed by atoms with E-state index in [0.29, 0.717) is 33.0 Å². The Hall–Kier alpha value is -4.19. The van der Waals surface area contributed by atoms with Crippen LogP contribution < -0.4 is 11.0 Å². The number of benzene rings is 3. The lowest BCUT2D eigenvalue weighted by Crippen LogP contribution is -2.10. The molecule has 0 radical (unpaired) electrons. The maximum Gasteiger partial charge on any atom is 0.264 e. The standard InChI is InChI=1S/C29H22N4O2/c1-13(2)19-22-23(30-21-15-9-5-6-10-16(15)27(34)25(21)31-22)20(14(3)4)26-24(19)32-28-17-11-7-8-12-18(17)29(35)33(26)28/h5-14H,1-4H3. The first-order chi connectivity index (χ1) is 16.9. The summed E-state index contributed by atoms with van der Waals surface area (Å²) in [4.78, 5) is 41.9. The summed E-state index contributed by atoms with van der Waals surface area (Å²) in [6, 6.07) is 15.1. The van der Waals surface area contributed by atoms with Crippen molar-refractivity contribution in [1.29, 1.82) is 0 Å². The first-order valence-electron chi connectivity index (χ1n) is 12.0. The Kier molecular flexibility index (Phi) is 3.86. The highest BCUT2D eigenvalue weighted by atomic mass is 16.1. The van der Waals surface area contributed by atoms with Crippen LogP contribution in [-0.2, 0) is 0 Å². The van der Waals surface area contributed by atoms with Crippen LogP contribution in [0.4, 0.5) is 0 Å². The van der Waals surface area contributed by atoms with E-state index in [2.05, 4.69) is 27.7 Å². The van der Waals surface area contributed by atoms with Gasteiger partial charge in [-0.25, -0.2) is 15.0 Å². The molecule has 0 saturated carbocycles. The highest BCUT2D eigenvalue weighted by Gasteiger charge is 2.28. The Labute approximate surface area is 199 Å². The highest BCUT2D eigenvalue weighted by molar-refractivity contribution is 6.13. The number of fused-ring (bicyclic) bond motifs is 9. The van der Waals surface area contributed by atoms with Crippen molar-refractivity contribution in [2.24, 2.45) is 0 Å². The molecule has 0 saturated heterocycles. The van der Waals surface area contributed by atoms with E-state index in [-0.39, 0.29) is 22.8 Å². The summed E-state index contributed by atoms with van der Waals surface area (Å²) in [7, 11) is 0. The van der Waals surface area contributed by atoms with Gasteiger partial charge in [0, 0.05) is 27.3 Å². The molecule has 0 spiro atoms. The van der Waals surface area contributed by atoms with Gasteiger partial charge in [-0.1, -0.05) is 70.2 Å². The van der Waals surface area contributed by atoms with Crippen molar-refractivity contribution in [2.45, 2.75) is 39.5 Å². The van der Waals surface area contributed by atoms with Gasteiger partial charge < -0.3 is 0 Å². The van der Waals surface area contributed by atoms with E-state index in [1.807, 2.05) is 48.5 Å². The molecular weight excluding hydrogens is 436 g/mol. The zero-order chi connectivity index (χ0) is 24.2. The first kappa shape index (κ1) is 20.2. The van der Waals surface area contributed by atoms with Crippen LogP contribution in [-0.4, -0.2) is 19.4 Å². The predicted octanol–water partition coefficient (Wildman–Crippen LogP) is 5.73. The summed E-state index contributed by atoms with van der Waals surface area (Å²) in [6.07, 6.45) is 0. The Balaban J connectivity index is 1.83. The van der Waals surface area contributed by atoms with Crippen molar-refractivity contribution in [1.82, 2.24) is 19.4 Å². The van der Waals surface area contributed by atoms with Gasteiger partial charge in [0.2, 0.25) is 5.43 Å². The fraction of sp³-hybridized carbons (Fsp3) is 0.207. The van der Waals surface area contributed by atoms with Crippen molar-refractivity contribution in [2.75, 3.05) is 0 Å². The third-order valence-corrected chi connectivity index (χ3v) is 7.19. The van der Waals surface area contributed by atoms with Gasteiger partial charge >= 0.3 is 0 Å². The molecule has 7 aromatic rings. The SMILES string of the molecule is CC(C)c1c2nc3c(=O)c4ccccc4c3nc2c(C(C)C)c2c1nc1c3ccccc3c(=O)n12. The summed E-state index contributed by atoms with van der Waals surface area (Å²) >= 11 is 0. The average molecular weight is 459 g/mol. The van der Waals surface area contributed by atoms with Crippen LogP contribution in [0.25, 0.3) is 60.3 Å². The molecule has 0 N–H and O–H groups in total. The maximum atomic E-state index is 13.6. The van der Waals surface area contributed by atoms with E-state index in [0.717, 1.165) is 38.4 Å². The molecule has 3 aromatic heterocycles. The Morgan fingerprint density at radius 2 is 1.17 bits per heavy atom. The smallest absolute Gasteiger partial charge is 0.264 e. The monoisotopic (exact) mass is 458 g/mol. The minimum Gasteiger partial charge on any atom is -0.287 e. The molecule has 0 aliphatic heterocycles. The molecule has 6 heteroatoms. The van der Waals surface area contributed by atoms with Crippen LogP contribution in [0.2, 0.25) is 0 Å². The van der Waals surface area contributed by atoms with Crippen LogP contribution in [0.3, 0.4) is 0 Å². The van der Waals surface area contributed by atoms with Crippen LogP contribution >= 0.6 is 0 Å². The molecule has 0 aliphatic carbocycles. The fourth-order valence-corrected chi connectivity index (χ4v) is 5.71. The van der Waals surface area contributed by atoms with Crippen molar-refractivity contribution in [3.05, 3.63) is 80.2 Å². The van der Waals surface area contributed by atoms with E-state index in [1.54, 1.807) is 4.40 Å². The molecule has 0 aliphatic rings. The normalized spacial score (nSPS) is 12.7. The zero-order valence-electron chi connectivity index (χ0n) is 19.9. The van der Waals surface area contributed by atoms with Gasteiger partial charge in [-0.3, -0.25) is 14.0 Å². The largest absolute Gasteiger partial charge is 0.287 e. The van der Waals surface area contributed by atoms with Crippen molar-refractivity contribution < 1.29 is 0 Å². The molecule has 4 aromatic carbocycles. The van der Waals surface area contributed by atoms with Gasteiger partial charge in [-0.2, -0.15) is 0 Å². The Morgan fingerprint density at radius 3 is 1.86 bits per heavy atom. The molecule has 0 unspecified atom stereocenters. The quantitative estimate of drug-likeness (QED) is 0.330. The van der Waals surface area contributed by atoms with Crippen molar-refractivity contribution in [3.63, 3.8) is 0 Å². The van der Waals surface area contributed by atoms with Gasteiger partial charge in [0.25, 0.3) is 5.56 Å². The highest BCUT2D eigenvalue weighted by Crippen LogP contribution is 2.40. The fourth-order valence-electron chi connectivity index (χ4n) is 5.71. The number of aromatic nitrogens is 4. The van der Waals surface area contributed by atoms with Crippen LogP contribution in [0, 0.1) is 0 Å². The lowest BCUT2D eigenvalue weighted by atomic mass is 9.92. The first-order valence-corrected chi connectivity index (χ1v) is 12.0. The molecule has 3 heterocycles. The van der Waals surface area contributed by atoms with E-state index in [4.69, 9.17) is 15.0 Å². The predicted molar refractivity (Wildman–Crippen MR) is 141 cm³/mol. The van der Waals surface area contributed by atoms with Gasteiger partial charge in [0.1, 0.15) is 16.7 Å². The third kappa shape index (κ3) is 2.41. The lowest BCUT2D eigenvalue weighted by Gasteiger charge is -2.17. The minimum absolute atomic E-state index is 0.0539. The molecular formula is C29H22N4O2. The van der Waals surface area contributed by atoms with Crippen LogP contribution in [0.15, 0.2) is 58.1 Å². The summed E-state index contributed by atoms with van der Waals surface area (Å²) in [5.41, 5.74) is 6.38. The molecule has 170 valence electrons. The second-order valence-corrected chi connectivity index (χ2v) is 9.95. The van der Waals surface area contributed by atoms with E-state index in [1.165, 1.54) is 0 Å². The topological polar surface area (TPSA) is 77.2 Å². The van der Waals surface area contributed by atoms with Gasteiger partial charge in [-0.05, 0) is 17.9 Å². The molecule has 0 atom stereocenters. The number of nitrogens with zero attached hydrogens (tertiary/aromatic N) is 4. The van der Waals surface area contributed by atoms with Gasteiger partial charge in [-0.15, -0.1) is 0 Å². The number of rotatable bonds is 2. The van der Waals surface area contributed by atoms with Crippen LogP contribution in [0.5, 0.6) is 0 Å². The van der Waals surface area contributed by atoms with Crippen molar-refractivity contribution >= 4 is 60.3 Å². The summed E-state index contributed by atoms with van der Waals surface area (Å²) in [5.74, 6) is 0.117. The second kappa shape index (κ2) is 6.69. The number of imidazole rings is 1. The van der Waals surface area contributed by atoms with Crippen molar-refractivity contribution in [3.8, 4) is 0 Å². The second-order valence-electron chi connectivity index (χ2n) is 9.95. The molecule has 0 amide bonds. The summed E-state index contributed by atoms with van der Waals surface area (Å²) in [6.45, 7) is 8.39. The summed E-state index contributed by atoms with van der Waals surface area (Å²) in [5, 5.41) is 2.95. The van der Waals surface area contributed by atoms with Gasteiger partial charge in [0.15, 0.2) is 0 Å². The molecule has 6 nitrogen and oxygen atoms in total. The molecule has 0 fully saturated rings. The third-order valence-electron chi connectivity index (χ3n) is 7.19. The van der Waals surface area contributed by atoms with E-state index < -0.39 is 0 Å². The van der Waals surface area contributed by atoms with E-state index in [9.17, 15) is 9.59 Å². The summed E-state index contributed by atoms with van der Waals surface area (Å²) < 4.78 is 1.76. The maximum absolute atomic E-state index is 13.6. The number of hydrogen-bond donors (Lipinski definition) is 0. The lowest BCUT2D eigenvalue weighted by molar-refractivity contribution is 0.863. The van der Waals surface area contributed by atoms with E-state index >= 15 is 0 Å². The Morgan fingerprint density at radius 1 is 0.600 bits per heavy atom. The van der Waals surface area contributed by atoms with Crippen LogP contribution in [0.1, 0.15) is 50.7 Å². The molecule has 0 bridgehead atoms. The van der Waals surface area contributed by atoms with Gasteiger partial charge in [0.05, 0.1) is 27.5 Å². The number of hydrogen-bond acceptors (Lipinski definition) is 5. The molecule has 35 heavy (non-hydrogen) atoms. The minimum atomic E-state index is -0.0951. The molecule has 7 rings (SSSR count). The Bertz CT molecular complexity index is 2110. The zero-order valence-corrected chi connectivity index (χ0v) is 19.9. The average Bonchev–Trinajstić information content (AvgIpc) is 3.45.